The zero-order chi connectivity index (χ0) is 25.4. The number of hydrogen-bond acceptors (Lipinski definition) is 5. The summed E-state index contributed by atoms with van der Waals surface area (Å²) in [6, 6.07) is 10.1. The normalized spacial score (nSPS) is 18.0. The maximum Gasteiger partial charge on any atom is 0.270 e. The molecule has 1 atom stereocenters. The fourth-order valence-corrected chi connectivity index (χ4v) is 4.86. The summed E-state index contributed by atoms with van der Waals surface area (Å²) < 4.78 is 2.67. The minimum Gasteiger partial charge on any atom is -0.492 e. The third kappa shape index (κ3) is 4.53. The Balaban J connectivity index is 1.50. The highest BCUT2D eigenvalue weighted by molar-refractivity contribution is 5.97. The van der Waals surface area contributed by atoms with Crippen LogP contribution in [0.1, 0.15) is 67.1 Å². The summed E-state index contributed by atoms with van der Waals surface area (Å²) in [5.41, 5.74) is 1.09. The predicted molar refractivity (Wildman–Crippen MR) is 136 cm³/mol. The van der Waals surface area contributed by atoms with Crippen molar-refractivity contribution in [2.45, 2.75) is 58.2 Å². The second-order valence-corrected chi connectivity index (χ2v) is 10.0. The zero-order valence-electron chi connectivity index (χ0n) is 20.6. The van der Waals surface area contributed by atoms with Crippen LogP contribution < -0.4 is 10.9 Å². The summed E-state index contributed by atoms with van der Waals surface area (Å²) in [6.07, 6.45) is 8.19. The lowest BCUT2D eigenvalue weighted by Gasteiger charge is -2.23. The number of benzene rings is 1. The van der Waals surface area contributed by atoms with Crippen molar-refractivity contribution in [2.24, 2.45) is 5.92 Å². The molecule has 2 N–H and O–H groups in total. The zero-order valence-corrected chi connectivity index (χ0v) is 20.6. The molecule has 36 heavy (non-hydrogen) atoms. The molecule has 2 aliphatic rings. The summed E-state index contributed by atoms with van der Waals surface area (Å²) in [5, 5.41) is 17.9. The molecule has 2 amide bonds. The van der Waals surface area contributed by atoms with Crippen molar-refractivity contribution in [2.75, 3.05) is 6.54 Å². The molecule has 1 aliphatic heterocycles. The summed E-state index contributed by atoms with van der Waals surface area (Å²) in [4.78, 5) is 41.1. The SMILES string of the molecule is CC(C)Cn1c(=O)c(C(=O)NC2CC2)c(O)n2ncc(C=CC(=O)N3CCCC3c3ccccc3)c12. The molecule has 1 saturated carbocycles. The lowest BCUT2D eigenvalue weighted by atomic mass is 10.0. The number of fused-ring (bicyclic) bond motifs is 1. The fraction of sp³-hybridized carbons (Fsp3) is 0.407. The monoisotopic (exact) mass is 489 g/mol. The van der Waals surface area contributed by atoms with Gasteiger partial charge in [-0.3, -0.25) is 19.0 Å². The van der Waals surface area contributed by atoms with Crippen molar-refractivity contribution in [1.29, 1.82) is 0 Å². The minimum atomic E-state index is -0.594. The van der Waals surface area contributed by atoms with Crippen LogP contribution in [0.2, 0.25) is 0 Å². The van der Waals surface area contributed by atoms with E-state index in [2.05, 4.69) is 10.4 Å². The smallest absolute Gasteiger partial charge is 0.270 e. The lowest BCUT2D eigenvalue weighted by Crippen LogP contribution is -2.36. The highest BCUT2D eigenvalue weighted by Gasteiger charge is 2.31. The van der Waals surface area contributed by atoms with Crippen LogP contribution in [0.15, 0.2) is 47.4 Å². The van der Waals surface area contributed by atoms with Crippen molar-refractivity contribution < 1.29 is 14.7 Å². The van der Waals surface area contributed by atoms with Gasteiger partial charge in [0.2, 0.25) is 11.8 Å². The summed E-state index contributed by atoms with van der Waals surface area (Å²) in [7, 11) is 0. The van der Waals surface area contributed by atoms with E-state index in [9.17, 15) is 19.5 Å². The number of nitrogens with zero attached hydrogens (tertiary/aromatic N) is 4. The Labute approximate surface area is 209 Å². The van der Waals surface area contributed by atoms with Gasteiger partial charge in [0, 0.05) is 30.8 Å². The van der Waals surface area contributed by atoms with Crippen molar-refractivity contribution in [1.82, 2.24) is 24.4 Å². The third-order valence-electron chi connectivity index (χ3n) is 6.72. The number of aromatic nitrogens is 3. The highest BCUT2D eigenvalue weighted by Crippen LogP contribution is 2.32. The molecule has 3 heterocycles. The van der Waals surface area contributed by atoms with Gasteiger partial charge in [-0.1, -0.05) is 44.2 Å². The number of nitrogens with one attached hydrogen (secondary N) is 1. The number of likely N-dealkylation sites (tertiary alicyclic amines) is 1. The van der Waals surface area contributed by atoms with Crippen molar-refractivity contribution in [3.63, 3.8) is 0 Å². The van der Waals surface area contributed by atoms with Gasteiger partial charge in [-0.25, -0.2) is 0 Å². The topological polar surface area (TPSA) is 109 Å². The lowest BCUT2D eigenvalue weighted by molar-refractivity contribution is -0.126. The standard InChI is InChI=1S/C27H31N5O4/c1-17(2)16-31-25-19(10-13-22(33)30-14-6-9-21(30)18-7-4-3-5-8-18)15-28-32(25)27(36)23(26(31)35)24(34)29-20-11-12-20/h3-5,7-8,10,13,15,17,20-21,36H,6,9,11-12,14,16H2,1-2H3,(H,29,34). The van der Waals surface area contributed by atoms with E-state index in [1.807, 2.05) is 49.1 Å². The number of hydrogen-bond donors (Lipinski definition) is 2. The minimum absolute atomic E-state index is 0.0305. The highest BCUT2D eigenvalue weighted by atomic mass is 16.3. The van der Waals surface area contributed by atoms with Gasteiger partial charge in [0.05, 0.1) is 12.2 Å². The Morgan fingerprint density at radius 3 is 2.64 bits per heavy atom. The fourth-order valence-electron chi connectivity index (χ4n) is 4.86. The molecule has 1 saturated heterocycles. The molecule has 0 radical (unpaired) electrons. The molecule has 3 aromatic rings. The molecular weight excluding hydrogens is 458 g/mol. The van der Waals surface area contributed by atoms with Gasteiger partial charge in [-0.05, 0) is 43.2 Å². The van der Waals surface area contributed by atoms with Gasteiger partial charge in [-0.15, -0.1) is 0 Å². The van der Waals surface area contributed by atoms with E-state index in [0.717, 1.165) is 31.2 Å². The molecule has 2 fully saturated rings. The number of carbonyl (C=O) groups excluding carboxylic acids is 2. The average molecular weight is 490 g/mol. The van der Waals surface area contributed by atoms with Crippen LogP contribution in [0.5, 0.6) is 5.88 Å². The van der Waals surface area contributed by atoms with Gasteiger partial charge in [0.15, 0.2) is 5.56 Å². The van der Waals surface area contributed by atoms with Crippen LogP contribution in [0.3, 0.4) is 0 Å². The molecular formula is C27H31N5O4. The van der Waals surface area contributed by atoms with Crippen molar-refractivity contribution in [3.05, 3.63) is 69.6 Å². The Hall–Kier alpha value is -3.88. The number of aromatic hydroxyl groups is 1. The first-order chi connectivity index (χ1) is 17.3. The van der Waals surface area contributed by atoms with Crippen molar-refractivity contribution in [3.8, 4) is 5.88 Å². The maximum atomic E-state index is 13.4. The first kappa shape index (κ1) is 23.8. The Morgan fingerprint density at radius 1 is 1.19 bits per heavy atom. The quantitative estimate of drug-likeness (QED) is 0.496. The van der Waals surface area contributed by atoms with Gasteiger partial charge < -0.3 is 15.3 Å². The van der Waals surface area contributed by atoms with E-state index < -0.39 is 17.3 Å². The molecule has 1 unspecified atom stereocenters. The summed E-state index contributed by atoms with van der Waals surface area (Å²) >= 11 is 0. The summed E-state index contributed by atoms with van der Waals surface area (Å²) in [5.74, 6) is -1.12. The number of carbonyl (C=O) groups is 2. The van der Waals surface area contributed by atoms with E-state index in [1.54, 1.807) is 6.08 Å². The van der Waals surface area contributed by atoms with Crippen LogP contribution in [-0.2, 0) is 11.3 Å². The molecule has 2 aromatic heterocycles. The van der Waals surface area contributed by atoms with Crippen LogP contribution >= 0.6 is 0 Å². The van der Waals surface area contributed by atoms with Gasteiger partial charge in [0.25, 0.3) is 11.5 Å². The van der Waals surface area contributed by atoms with Crippen LogP contribution in [0.4, 0.5) is 0 Å². The first-order valence-electron chi connectivity index (χ1n) is 12.5. The molecule has 9 heteroatoms. The van der Waals surface area contributed by atoms with Gasteiger partial charge in [0.1, 0.15) is 5.65 Å². The largest absolute Gasteiger partial charge is 0.492 e. The van der Waals surface area contributed by atoms with Crippen LogP contribution in [0.25, 0.3) is 11.7 Å². The Bertz CT molecular complexity index is 1380. The molecule has 1 aromatic carbocycles. The van der Waals surface area contributed by atoms with E-state index >= 15 is 0 Å². The second-order valence-electron chi connectivity index (χ2n) is 10.0. The Morgan fingerprint density at radius 2 is 1.94 bits per heavy atom. The molecule has 188 valence electrons. The molecule has 9 nitrogen and oxygen atoms in total. The van der Waals surface area contributed by atoms with Crippen LogP contribution in [0, 0.1) is 5.92 Å². The number of amides is 2. The summed E-state index contributed by atoms with van der Waals surface area (Å²) in [6.45, 7) is 4.93. The number of rotatable bonds is 7. The van der Waals surface area contributed by atoms with Gasteiger partial charge in [-0.2, -0.15) is 9.61 Å². The second kappa shape index (κ2) is 9.64. The van der Waals surface area contributed by atoms with Crippen LogP contribution in [-0.4, -0.2) is 48.6 Å². The van der Waals surface area contributed by atoms with Gasteiger partial charge >= 0.3 is 0 Å². The molecule has 0 spiro atoms. The van der Waals surface area contributed by atoms with E-state index in [4.69, 9.17) is 0 Å². The first-order valence-corrected chi connectivity index (χ1v) is 12.5. The third-order valence-corrected chi connectivity index (χ3v) is 6.72. The van der Waals surface area contributed by atoms with Crippen molar-refractivity contribution >= 4 is 23.5 Å². The van der Waals surface area contributed by atoms with E-state index in [1.165, 1.54) is 21.4 Å². The maximum absolute atomic E-state index is 13.4. The Kier molecular flexibility index (Phi) is 6.38. The molecule has 5 rings (SSSR count). The molecule has 0 bridgehead atoms. The van der Waals surface area contributed by atoms with E-state index in [0.29, 0.717) is 24.3 Å². The predicted octanol–water partition coefficient (Wildman–Crippen LogP) is 3.13. The molecule has 1 aliphatic carbocycles. The van der Waals surface area contributed by atoms with E-state index in [-0.39, 0.29) is 29.5 Å². The average Bonchev–Trinajstić information content (AvgIpc) is 3.36.